The lowest BCUT2D eigenvalue weighted by molar-refractivity contribution is 0.897. The molecule has 0 atom stereocenters. The van der Waals surface area contributed by atoms with Crippen LogP contribution in [-0.2, 0) is 7.05 Å². The van der Waals surface area contributed by atoms with Gasteiger partial charge in [-0.05, 0) is 15.9 Å². The summed E-state index contributed by atoms with van der Waals surface area (Å²) in [6.07, 6.45) is 7.10. The SMILES string of the molecule is Cn1cnc(Br)c1C1=CN(c2ncnc3nc[nH]c23)CCS1. The van der Waals surface area contributed by atoms with Crippen molar-refractivity contribution in [1.82, 2.24) is 29.5 Å². The quantitative estimate of drug-likeness (QED) is 0.738. The Morgan fingerprint density at radius 1 is 1.27 bits per heavy atom. The van der Waals surface area contributed by atoms with Gasteiger partial charge in [0, 0.05) is 25.5 Å². The molecule has 0 aromatic carbocycles. The lowest BCUT2D eigenvalue weighted by Gasteiger charge is -2.25. The summed E-state index contributed by atoms with van der Waals surface area (Å²) in [6.45, 7) is 0.884. The number of thioether (sulfide) groups is 1. The van der Waals surface area contributed by atoms with Gasteiger partial charge in [0.2, 0.25) is 0 Å². The van der Waals surface area contributed by atoms with Gasteiger partial charge < -0.3 is 14.5 Å². The van der Waals surface area contributed by atoms with E-state index in [1.807, 2.05) is 23.4 Å². The number of aromatic amines is 1. The maximum Gasteiger partial charge on any atom is 0.182 e. The number of anilines is 1. The fourth-order valence-electron chi connectivity index (χ4n) is 2.44. The van der Waals surface area contributed by atoms with E-state index in [0.717, 1.165) is 38.8 Å². The van der Waals surface area contributed by atoms with Crippen LogP contribution in [0.25, 0.3) is 16.1 Å². The van der Waals surface area contributed by atoms with Crippen LogP contribution < -0.4 is 4.90 Å². The summed E-state index contributed by atoms with van der Waals surface area (Å²) in [4.78, 5) is 23.5. The van der Waals surface area contributed by atoms with E-state index in [2.05, 4.69) is 51.9 Å². The summed E-state index contributed by atoms with van der Waals surface area (Å²) in [5.74, 6) is 1.82. The zero-order valence-electron chi connectivity index (χ0n) is 11.7. The molecule has 7 nitrogen and oxygen atoms in total. The van der Waals surface area contributed by atoms with Crippen LogP contribution in [0.1, 0.15) is 5.69 Å². The summed E-state index contributed by atoms with van der Waals surface area (Å²) >= 11 is 5.33. The zero-order valence-corrected chi connectivity index (χ0v) is 14.1. The molecule has 1 N–H and O–H groups in total. The van der Waals surface area contributed by atoms with Gasteiger partial charge in [-0.15, -0.1) is 11.8 Å². The van der Waals surface area contributed by atoms with Gasteiger partial charge in [0.15, 0.2) is 11.5 Å². The number of hydrogen-bond acceptors (Lipinski definition) is 6. The Balaban J connectivity index is 1.80. The second kappa shape index (κ2) is 5.40. The van der Waals surface area contributed by atoms with Crippen molar-refractivity contribution in [1.29, 1.82) is 0 Å². The second-order valence-corrected chi connectivity index (χ2v) is 6.72. The highest BCUT2D eigenvalue weighted by atomic mass is 79.9. The van der Waals surface area contributed by atoms with Crippen LogP contribution in [0.3, 0.4) is 0 Å². The number of rotatable bonds is 2. The van der Waals surface area contributed by atoms with Gasteiger partial charge in [-0.1, -0.05) is 0 Å². The van der Waals surface area contributed by atoms with E-state index in [-0.39, 0.29) is 0 Å². The molecular weight excluding hydrogens is 366 g/mol. The first-order chi connectivity index (χ1) is 10.7. The Kier molecular flexibility index (Phi) is 3.38. The Morgan fingerprint density at radius 3 is 3.00 bits per heavy atom. The summed E-state index contributed by atoms with van der Waals surface area (Å²) in [5, 5.41) is 0. The van der Waals surface area contributed by atoms with Gasteiger partial charge in [0.1, 0.15) is 16.4 Å². The third-order valence-corrected chi connectivity index (χ3v) is 5.04. The van der Waals surface area contributed by atoms with Gasteiger partial charge in [-0.3, -0.25) is 0 Å². The van der Waals surface area contributed by atoms with Crippen LogP contribution in [0.5, 0.6) is 0 Å². The number of nitrogens with one attached hydrogen (secondary N) is 1. The minimum atomic E-state index is 0.680. The van der Waals surface area contributed by atoms with Crippen molar-refractivity contribution in [2.75, 3.05) is 17.2 Å². The third-order valence-electron chi connectivity index (χ3n) is 3.46. The highest BCUT2D eigenvalue weighted by Gasteiger charge is 2.21. The molecule has 0 aliphatic carbocycles. The molecule has 4 heterocycles. The predicted octanol–water partition coefficient (Wildman–Crippen LogP) is 2.40. The number of aryl methyl sites for hydroxylation is 1. The summed E-state index contributed by atoms with van der Waals surface area (Å²) < 4.78 is 2.86. The number of hydrogen-bond donors (Lipinski definition) is 1. The molecule has 1 aliphatic rings. The summed E-state index contributed by atoms with van der Waals surface area (Å²) in [6, 6.07) is 0. The van der Waals surface area contributed by atoms with Crippen molar-refractivity contribution in [3.63, 3.8) is 0 Å². The maximum atomic E-state index is 4.42. The van der Waals surface area contributed by atoms with Crippen molar-refractivity contribution in [2.45, 2.75) is 0 Å². The van der Waals surface area contributed by atoms with Crippen LogP contribution in [0, 0.1) is 0 Å². The maximum absolute atomic E-state index is 4.42. The molecule has 9 heteroatoms. The fraction of sp³-hybridized carbons (Fsp3) is 0.231. The number of aromatic nitrogens is 6. The molecule has 0 saturated heterocycles. The van der Waals surface area contributed by atoms with Crippen LogP contribution in [0.4, 0.5) is 5.82 Å². The number of halogens is 1. The van der Waals surface area contributed by atoms with Gasteiger partial charge in [0.05, 0.1) is 23.3 Å². The number of fused-ring (bicyclic) bond motifs is 1. The number of H-pyrrole nitrogens is 1. The minimum absolute atomic E-state index is 0.680. The smallest absolute Gasteiger partial charge is 0.182 e. The van der Waals surface area contributed by atoms with Gasteiger partial charge >= 0.3 is 0 Å². The van der Waals surface area contributed by atoms with Crippen LogP contribution in [0.2, 0.25) is 0 Å². The molecule has 22 heavy (non-hydrogen) atoms. The molecule has 0 fully saturated rings. The predicted molar refractivity (Wildman–Crippen MR) is 90.4 cm³/mol. The molecule has 1 aliphatic heterocycles. The molecule has 0 radical (unpaired) electrons. The van der Waals surface area contributed by atoms with E-state index in [1.54, 1.807) is 19.0 Å². The van der Waals surface area contributed by atoms with E-state index in [0.29, 0.717) is 5.65 Å². The molecule has 3 aromatic rings. The molecule has 4 rings (SSSR count). The first kappa shape index (κ1) is 13.8. The van der Waals surface area contributed by atoms with Crippen LogP contribution in [-0.4, -0.2) is 41.8 Å². The third kappa shape index (κ3) is 2.20. The molecule has 0 spiro atoms. The molecule has 0 unspecified atom stereocenters. The average Bonchev–Trinajstić information content (AvgIpc) is 3.13. The summed E-state index contributed by atoms with van der Waals surface area (Å²) in [7, 11) is 1.99. The normalized spacial score (nSPS) is 15.4. The van der Waals surface area contributed by atoms with Crippen molar-refractivity contribution in [2.24, 2.45) is 7.05 Å². The van der Waals surface area contributed by atoms with Crippen molar-refractivity contribution >= 4 is 49.6 Å². The van der Waals surface area contributed by atoms with Crippen LogP contribution in [0.15, 0.2) is 29.8 Å². The standard InChI is InChI=1S/C13H12BrN7S/c1-20-7-19-11(14)10(20)8-4-21(2-3-22-8)13-9-12(16-5-15-9)17-6-18-13/h4-7H,2-3H2,1H3,(H,15,16,17,18). The van der Waals surface area contributed by atoms with Gasteiger partial charge in [-0.2, -0.15) is 0 Å². The zero-order chi connectivity index (χ0) is 15.1. The van der Waals surface area contributed by atoms with E-state index in [4.69, 9.17) is 0 Å². The van der Waals surface area contributed by atoms with E-state index < -0.39 is 0 Å². The Hall–Kier alpha value is -1.87. The van der Waals surface area contributed by atoms with Crippen LogP contribution >= 0.6 is 27.7 Å². The van der Waals surface area contributed by atoms with Crippen molar-refractivity contribution in [3.8, 4) is 0 Å². The van der Waals surface area contributed by atoms with Crippen molar-refractivity contribution in [3.05, 3.63) is 35.5 Å². The highest BCUT2D eigenvalue weighted by molar-refractivity contribution is 9.10. The Morgan fingerprint density at radius 2 is 2.18 bits per heavy atom. The summed E-state index contributed by atoms with van der Waals surface area (Å²) in [5.41, 5.74) is 2.61. The molecule has 0 saturated carbocycles. The van der Waals surface area contributed by atoms with Crippen molar-refractivity contribution < 1.29 is 0 Å². The van der Waals surface area contributed by atoms with E-state index >= 15 is 0 Å². The van der Waals surface area contributed by atoms with Gasteiger partial charge in [0.25, 0.3) is 0 Å². The molecule has 112 valence electrons. The van der Waals surface area contributed by atoms with E-state index in [9.17, 15) is 0 Å². The first-order valence-corrected chi connectivity index (χ1v) is 8.44. The molecule has 0 amide bonds. The number of imidazole rings is 2. The lowest BCUT2D eigenvalue weighted by atomic mass is 10.4. The minimum Gasteiger partial charge on any atom is -0.340 e. The molecular formula is C13H12BrN7S. The molecule has 3 aromatic heterocycles. The van der Waals surface area contributed by atoms with E-state index in [1.165, 1.54) is 0 Å². The Bertz CT molecular complexity index is 849. The lowest BCUT2D eigenvalue weighted by Crippen LogP contribution is -2.24. The first-order valence-electron chi connectivity index (χ1n) is 6.66. The monoisotopic (exact) mass is 377 g/mol. The van der Waals surface area contributed by atoms with Gasteiger partial charge in [-0.25, -0.2) is 19.9 Å². The highest BCUT2D eigenvalue weighted by Crippen LogP contribution is 2.36. The topological polar surface area (TPSA) is 75.5 Å². The molecule has 0 bridgehead atoms. The average molecular weight is 378 g/mol. The largest absolute Gasteiger partial charge is 0.340 e. The number of nitrogens with zero attached hydrogens (tertiary/aromatic N) is 6. The second-order valence-electron chi connectivity index (χ2n) is 4.83. The Labute approximate surface area is 139 Å². The fourth-order valence-corrected chi connectivity index (χ4v) is 4.24.